The molecule has 1 aromatic carbocycles. The van der Waals surface area contributed by atoms with Crippen molar-refractivity contribution in [2.45, 2.75) is 20.0 Å². The number of ether oxygens (including phenoxy) is 1. The Hall–Kier alpha value is -2.11. The van der Waals surface area contributed by atoms with Gasteiger partial charge in [0.05, 0.1) is 5.56 Å². The van der Waals surface area contributed by atoms with E-state index in [-0.39, 0.29) is 11.7 Å². The predicted molar refractivity (Wildman–Crippen MR) is 62.1 cm³/mol. The Bertz CT molecular complexity index is 461. The number of carboxylic acid groups (broad SMARTS) is 1. The first kappa shape index (κ1) is 14.0. The lowest BCUT2D eigenvalue weighted by Gasteiger charge is -2.14. The van der Waals surface area contributed by atoms with Gasteiger partial charge in [0.1, 0.15) is 11.6 Å². The van der Waals surface area contributed by atoms with E-state index in [1.54, 1.807) is 6.92 Å². The van der Waals surface area contributed by atoms with Crippen LogP contribution in [0.4, 0.5) is 4.39 Å². The summed E-state index contributed by atoms with van der Waals surface area (Å²) in [5.41, 5.74) is -0.437. The molecule has 98 valence electrons. The highest BCUT2D eigenvalue weighted by Gasteiger charge is 2.16. The number of carbonyl (C=O) groups is 2. The smallest absolute Gasteiger partial charge is 0.338 e. The Morgan fingerprint density at radius 2 is 2.17 bits per heavy atom. The molecule has 0 fully saturated rings. The van der Waals surface area contributed by atoms with Crippen LogP contribution >= 0.6 is 0 Å². The molecule has 0 heterocycles. The van der Waals surface area contributed by atoms with Crippen molar-refractivity contribution in [1.82, 2.24) is 5.32 Å². The fourth-order valence-electron chi connectivity index (χ4n) is 1.32. The zero-order chi connectivity index (χ0) is 13.7. The number of carbonyl (C=O) groups excluding carboxylic acids is 1. The predicted octanol–water partition coefficient (Wildman–Crippen LogP) is 1.43. The van der Waals surface area contributed by atoms with Crippen LogP contribution in [0.1, 0.15) is 24.2 Å². The maximum Gasteiger partial charge on any atom is 0.338 e. The van der Waals surface area contributed by atoms with Crippen LogP contribution in [0.15, 0.2) is 18.2 Å². The molecule has 1 amide bonds. The molecule has 0 aliphatic rings. The van der Waals surface area contributed by atoms with Crippen LogP contribution in [-0.4, -0.2) is 29.6 Å². The van der Waals surface area contributed by atoms with Crippen molar-refractivity contribution in [2.24, 2.45) is 0 Å². The summed E-state index contributed by atoms with van der Waals surface area (Å²) < 4.78 is 18.5. The Labute approximate surface area is 104 Å². The first-order valence-electron chi connectivity index (χ1n) is 5.43. The molecule has 18 heavy (non-hydrogen) atoms. The zero-order valence-electron chi connectivity index (χ0n) is 10.1. The molecule has 1 unspecified atom stereocenters. The van der Waals surface area contributed by atoms with Crippen LogP contribution in [-0.2, 0) is 4.79 Å². The van der Waals surface area contributed by atoms with Gasteiger partial charge in [-0.05, 0) is 26.0 Å². The highest BCUT2D eigenvalue weighted by molar-refractivity contribution is 5.88. The summed E-state index contributed by atoms with van der Waals surface area (Å²) in [6.45, 7) is 3.76. The molecule has 0 aliphatic carbocycles. The van der Waals surface area contributed by atoms with Gasteiger partial charge < -0.3 is 15.2 Å². The minimum absolute atomic E-state index is 0.108. The maximum atomic E-state index is 13.3. The van der Waals surface area contributed by atoms with E-state index in [2.05, 4.69) is 5.32 Å². The number of likely N-dealkylation sites (N-methyl/N-ethyl adjacent to an activating group) is 1. The van der Waals surface area contributed by atoms with Crippen molar-refractivity contribution >= 4 is 11.9 Å². The van der Waals surface area contributed by atoms with E-state index in [0.29, 0.717) is 6.54 Å². The third-order valence-electron chi connectivity index (χ3n) is 2.20. The van der Waals surface area contributed by atoms with Gasteiger partial charge in [-0.2, -0.15) is 0 Å². The average molecular weight is 255 g/mol. The summed E-state index contributed by atoms with van der Waals surface area (Å²) in [7, 11) is 0. The van der Waals surface area contributed by atoms with Gasteiger partial charge in [-0.3, -0.25) is 4.79 Å². The van der Waals surface area contributed by atoms with E-state index in [1.165, 1.54) is 13.0 Å². The lowest BCUT2D eigenvalue weighted by molar-refractivity contribution is -0.127. The third kappa shape index (κ3) is 3.44. The molecule has 2 N–H and O–H groups in total. The summed E-state index contributed by atoms with van der Waals surface area (Å²) in [6.07, 6.45) is -0.778. The number of hydrogen-bond donors (Lipinski definition) is 2. The summed E-state index contributed by atoms with van der Waals surface area (Å²) >= 11 is 0. The van der Waals surface area contributed by atoms with Gasteiger partial charge in [-0.15, -0.1) is 0 Å². The minimum atomic E-state index is -1.35. The minimum Gasteiger partial charge on any atom is -0.481 e. The van der Waals surface area contributed by atoms with Crippen LogP contribution in [0.25, 0.3) is 0 Å². The van der Waals surface area contributed by atoms with E-state index in [9.17, 15) is 14.0 Å². The van der Waals surface area contributed by atoms with Crippen molar-refractivity contribution in [3.05, 3.63) is 29.6 Å². The zero-order valence-corrected chi connectivity index (χ0v) is 10.1. The Morgan fingerprint density at radius 1 is 1.50 bits per heavy atom. The van der Waals surface area contributed by atoms with Gasteiger partial charge in [0.2, 0.25) is 0 Å². The Balaban J connectivity index is 2.77. The van der Waals surface area contributed by atoms with Crippen LogP contribution in [0.2, 0.25) is 0 Å². The molecule has 0 aliphatic heterocycles. The molecule has 1 rings (SSSR count). The number of rotatable bonds is 5. The lowest BCUT2D eigenvalue weighted by Crippen LogP contribution is -2.36. The first-order chi connectivity index (χ1) is 8.45. The molecular formula is C12H14FNO4. The SMILES string of the molecule is CCNC(=O)C(C)Oc1ccc(C(=O)O)c(F)c1. The number of halogens is 1. The van der Waals surface area contributed by atoms with Crippen molar-refractivity contribution in [1.29, 1.82) is 0 Å². The van der Waals surface area contributed by atoms with Crippen LogP contribution < -0.4 is 10.1 Å². The normalized spacial score (nSPS) is 11.7. The van der Waals surface area contributed by atoms with Crippen molar-refractivity contribution in [3.63, 3.8) is 0 Å². The summed E-state index contributed by atoms with van der Waals surface area (Å²) in [5.74, 6) is -2.46. The van der Waals surface area contributed by atoms with Crippen LogP contribution in [0, 0.1) is 5.82 Å². The second kappa shape index (κ2) is 6.00. The monoisotopic (exact) mass is 255 g/mol. The molecule has 0 radical (unpaired) electrons. The molecule has 1 aromatic rings. The number of nitrogens with one attached hydrogen (secondary N) is 1. The van der Waals surface area contributed by atoms with E-state index >= 15 is 0 Å². The fourth-order valence-corrected chi connectivity index (χ4v) is 1.32. The molecule has 1 atom stereocenters. The van der Waals surface area contributed by atoms with Gasteiger partial charge in [-0.25, -0.2) is 9.18 Å². The third-order valence-corrected chi connectivity index (χ3v) is 2.20. The molecule has 0 spiro atoms. The largest absolute Gasteiger partial charge is 0.481 e. The van der Waals surface area contributed by atoms with E-state index < -0.39 is 23.5 Å². The van der Waals surface area contributed by atoms with Crippen molar-refractivity contribution < 1.29 is 23.8 Å². The molecule has 5 nitrogen and oxygen atoms in total. The topological polar surface area (TPSA) is 75.6 Å². The van der Waals surface area contributed by atoms with E-state index in [0.717, 1.165) is 12.1 Å². The second-order valence-corrected chi connectivity index (χ2v) is 3.60. The molecule has 0 saturated carbocycles. The second-order valence-electron chi connectivity index (χ2n) is 3.60. The quantitative estimate of drug-likeness (QED) is 0.834. The highest BCUT2D eigenvalue weighted by atomic mass is 19.1. The number of aromatic carboxylic acids is 1. The summed E-state index contributed by atoms with van der Waals surface area (Å²) in [6, 6.07) is 3.35. The Morgan fingerprint density at radius 3 is 2.67 bits per heavy atom. The van der Waals surface area contributed by atoms with Gasteiger partial charge in [0, 0.05) is 12.6 Å². The first-order valence-corrected chi connectivity index (χ1v) is 5.43. The van der Waals surface area contributed by atoms with Crippen LogP contribution in [0.5, 0.6) is 5.75 Å². The van der Waals surface area contributed by atoms with Crippen LogP contribution in [0.3, 0.4) is 0 Å². The summed E-state index contributed by atoms with van der Waals surface area (Å²) in [4.78, 5) is 22.0. The molecule has 0 aromatic heterocycles. The number of amides is 1. The van der Waals surface area contributed by atoms with Gasteiger partial charge in [0.15, 0.2) is 6.10 Å². The highest BCUT2D eigenvalue weighted by Crippen LogP contribution is 2.18. The fraction of sp³-hybridized carbons (Fsp3) is 0.333. The standard InChI is InChI=1S/C12H14FNO4/c1-3-14-11(15)7(2)18-8-4-5-9(12(16)17)10(13)6-8/h4-7H,3H2,1-2H3,(H,14,15)(H,16,17). The molecule has 0 saturated heterocycles. The van der Waals surface area contributed by atoms with Gasteiger partial charge >= 0.3 is 5.97 Å². The average Bonchev–Trinajstić information content (AvgIpc) is 2.28. The number of benzene rings is 1. The summed E-state index contributed by atoms with van der Waals surface area (Å²) in [5, 5.41) is 11.2. The lowest BCUT2D eigenvalue weighted by atomic mass is 10.2. The van der Waals surface area contributed by atoms with Gasteiger partial charge in [0.25, 0.3) is 5.91 Å². The van der Waals surface area contributed by atoms with E-state index in [4.69, 9.17) is 9.84 Å². The van der Waals surface area contributed by atoms with Gasteiger partial charge in [-0.1, -0.05) is 0 Å². The number of hydrogen-bond acceptors (Lipinski definition) is 3. The van der Waals surface area contributed by atoms with E-state index in [1.807, 2.05) is 0 Å². The molecular weight excluding hydrogens is 241 g/mol. The maximum absolute atomic E-state index is 13.3. The number of carboxylic acids is 1. The van der Waals surface area contributed by atoms with Crippen molar-refractivity contribution in [2.75, 3.05) is 6.54 Å². The molecule has 0 bridgehead atoms. The Kier molecular flexibility index (Phi) is 4.65. The van der Waals surface area contributed by atoms with Crippen molar-refractivity contribution in [3.8, 4) is 5.75 Å². The molecule has 6 heteroatoms.